The van der Waals surface area contributed by atoms with Crippen molar-refractivity contribution in [1.82, 2.24) is 10.7 Å². The van der Waals surface area contributed by atoms with Crippen molar-refractivity contribution in [1.29, 1.82) is 0 Å². The fourth-order valence-electron chi connectivity index (χ4n) is 2.34. The number of benzene rings is 1. The van der Waals surface area contributed by atoms with Crippen molar-refractivity contribution in [3.63, 3.8) is 0 Å². The smallest absolute Gasteiger partial charge is 0.0948 e. The predicted molar refractivity (Wildman–Crippen MR) is 60.4 cm³/mol. The van der Waals surface area contributed by atoms with E-state index in [2.05, 4.69) is 28.0 Å². The van der Waals surface area contributed by atoms with Gasteiger partial charge in [-0.1, -0.05) is 18.2 Å². The zero-order valence-corrected chi connectivity index (χ0v) is 8.61. The molecule has 1 aromatic carbocycles. The Morgan fingerprint density at radius 2 is 1.93 bits per heavy atom. The Balaban J connectivity index is 1.89. The molecule has 1 saturated heterocycles. The summed E-state index contributed by atoms with van der Waals surface area (Å²) in [5, 5.41) is 7.72. The number of nitrogens with one attached hydrogen (secondary N) is 1. The van der Waals surface area contributed by atoms with Crippen molar-refractivity contribution < 1.29 is 0 Å². The third-order valence-electron chi connectivity index (χ3n) is 3.17. The van der Waals surface area contributed by atoms with Gasteiger partial charge >= 0.3 is 0 Å². The van der Waals surface area contributed by atoms with Crippen molar-refractivity contribution in [2.45, 2.75) is 12.8 Å². The van der Waals surface area contributed by atoms with Gasteiger partial charge in [0.05, 0.1) is 11.4 Å². The number of piperidine rings is 1. The Labute approximate surface area is 89.6 Å². The molecule has 15 heavy (non-hydrogen) atoms. The summed E-state index contributed by atoms with van der Waals surface area (Å²) in [4.78, 5) is 0. The van der Waals surface area contributed by atoms with Gasteiger partial charge in [0.15, 0.2) is 0 Å². The fraction of sp³-hybridized carbons (Fsp3) is 0.417. The lowest BCUT2D eigenvalue weighted by molar-refractivity contribution is 0.457. The van der Waals surface area contributed by atoms with Gasteiger partial charge in [-0.2, -0.15) is 10.5 Å². The Bertz CT molecular complexity index is 392. The van der Waals surface area contributed by atoms with Crippen molar-refractivity contribution >= 4 is 11.4 Å². The second-order valence-electron chi connectivity index (χ2n) is 4.13. The van der Waals surface area contributed by atoms with Crippen LogP contribution in [0.15, 0.2) is 29.4 Å². The maximum absolute atomic E-state index is 4.34. The van der Waals surface area contributed by atoms with Gasteiger partial charge in [-0.15, -0.1) is 0 Å². The van der Waals surface area contributed by atoms with Gasteiger partial charge in [-0.3, -0.25) is 0 Å². The van der Waals surface area contributed by atoms with E-state index in [0.717, 1.165) is 18.8 Å². The highest BCUT2D eigenvalue weighted by atomic mass is 15.3. The van der Waals surface area contributed by atoms with Crippen LogP contribution < -0.4 is 10.7 Å². The summed E-state index contributed by atoms with van der Waals surface area (Å²) in [7, 11) is 0. The highest BCUT2D eigenvalue weighted by Gasteiger charge is 2.26. The molecule has 0 atom stereocenters. The minimum atomic E-state index is 0.596. The molecule has 1 radical (unpaired) electrons. The summed E-state index contributed by atoms with van der Waals surface area (Å²) in [6.07, 6.45) is 2.37. The van der Waals surface area contributed by atoms with Crippen molar-refractivity contribution in [2.24, 2.45) is 11.0 Å². The summed E-state index contributed by atoms with van der Waals surface area (Å²) >= 11 is 0. The van der Waals surface area contributed by atoms with Crippen molar-refractivity contribution in [2.75, 3.05) is 13.1 Å². The average molecular weight is 200 g/mol. The van der Waals surface area contributed by atoms with E-state index in [1.165, 1.54) is 24.1 Å². The van der Waals surface area contributed by atoms with Gasteiger partial charge in [0, 0.05) is 11.5 Å². The third kappa shape index (κ3) is 1.53. The standard InChI is InChI=1S/C12H14N3/c1-2-4-11-10(3-1)12(15-14-11)9-5-7-13-8-6-9/h1-4,9,13H,5-8H2. The van der Waals surface area contributed by atoms with Crippen molar-refractivity contribution in [3.8, 4) is 0 Å². The molecule has 0 spiro atoms. The van der Waals surface area contributed by atoms with E-state index in [1.54, 1.807) is 0 Å². The lowest BCUT2D eigenvalue weighted by Gasteiger charge is -2.22. The van der Waals surface area contributed by atoms with Crippen molar-refractivity contribution in [3.05, 3.63) is 29.8 Å². The lowest BCUT2D eigenvalue weighted by atomic mass is 9.89. The Kier molecular flexibility index (Phi) is 2.18. The monoisotopic (exact) mass is 200 g/mol. The van der Waals surface area contributed by atoms with E-state index in [0.29, 0.717) is 5.92 Å². The minimum absolute atomic E-state index is 0.596. The van der Waals surface area contributed by atoms with Gasteiger partial charge in [0.2, 0.25) is 0 Å². The highest BCUT2D eigenvalue weighted by Crippen LogP contribution is 2.28. The molecule has 0 aromatic heterocycles. The first-order valence-electron chi connectivity index (χ1n) is 5.54. The zero-order chi connectivity index (χ0) is 10.1. The number of nitrogens with zero attached hydrogens (tertiary/aromatic N) is 2. The molecular formula is C12H14N3. The first kappa shape index (κ1) is 8.92. The molecular weight excluding hydrogens is 186 g/mol. The number of rotatable bonds is 1. The fourth-order valence-corrected chi connectivity index (χ4v) is 2.34. The summed E-state index contributed by atoms with van der Waals surface area (Å²) in [5.41, 5.74) is 7.70. The molecule has 0 aliphatic carbocycles. The predicted octanol–water partition coefficient (Wildman–Crippen LogP) is 1.64. The van der Waals surface area contributed by atoms with Crippen LogP contribution in [-0.4, -0.2) is 18.8 Å². The number of hydrogen-bond donors (Lipinski definition) is 1. The second kappa shape index (κ2) is 3.66. The van der Waals surface area contributed by atoms with Gasteiger partial charge < -0.3 is 5.32 Å². The molecule has 3 nitrogen and oxygen atoms in total. The summed E-state index contributed by atoms with van der Waals surface area (Å²) < 4.78 is 0. The molecule has 1 fully saturated rings. The van der Waals surface area contributed by atoms with E-state index in [9.17, 15) is 0 Å². The van der Waals surface area contributed by atoms with Crippen LogP contribution in [0.2, 0.25) is 0 Å². The first-order chi connectivity index (χ1) is 7.45. The molecule has 3 rings (SSSR count). The zero-order valence-electron chi connectivity index (χ0n) is 8.61. The minimum Gasteiger partial charge on any atom is -0.317 e. The average Bonchev–Trinajstić information content (AvgIpc) is 2.74. The van der Waals surface area contributed by atoms with E-state index < -0.39 is 0 Å². The Hall–Kier alpha value is -1.35. The number of hydrogen-bond acceptors (Lipinski definition) is 2. The van der Waals surface area contributed by atoms with Gasteiger partial charge in [0.1, 0.15) is 0 Å². The van der Waals surface area contributed by atoms with Crippen LogP contribution in [0, 0.1) is 5.92 Å². The summed E-state index contributed by atoms with van der Waals surface area (Å²) in [5.74, 6) is 0.596. The van der Waals surface area contributed by atoms with Gasteiger partial charge in [-0.05, 0) is 32.0 Å². The Morgan fingerprint density at radius 1 is 1.13 bits per heavy atom. The molecule has 2 heterocycles. The molecule has 1 N–H and O–H groups in total. The Morgan fingerprint density at radius 3 is 2.80 bits per heavy atom. The van der Waals surface area contributed by atoms with Crippen LogP contribution in [0.5, 0.6) is 0 Å². The maximum atomic E-state index is 4.34. The van der Waals surface area contributed by atoms with Crippen LogP contribution in [0.4, 0.5) is 5.69 Å². The van der Waals surface area contributed by atoms with Crippen LogP contribution in [0.25, 0.3) is 0 Å². The quantitative estimate of drug-likeness (QED) is 0.735. The number of fused-ring (bicyclic) bond motifs is 1. The largest absolute Gasteiger partial charge is 0.317 e. The third-order valence-corrected chi connectivity index (χ3v) is 3.17. The van der Waals surface area contributed by atoms with E-state index in [1.807, 2.05) is 12.1 Å². The van der Waals surface area contributed by atoms with Gasteiger partial charge in [0.25, 0.3) is 0 Å². The molecule has 3 heteroatoms. The molecule has 2 aliphatic rings. The molecule has 0 unspecified atom stereocenters. The SMILES string of the molecule is c1ccc2c(c1)[N]N=C2C1CCNCC1. The normalized spacial score (nSPS) is 20.7. The molecule has 77 valence electrons. The highest BCUT2D eigenvalue weighted by molar-refractivity contribution is 6.07. The second-order valence-corrected chi connectivity index (χ2v) is 4.13. The van der Waals surface area contributed by atoms with Crippen LogP contribution in [0.3, 0.4) is 0 Å². The topological polar surface area (TPSA) is 38.5 Å². The lowest BCUT2D eigenvalue weighted by Crippen LogP contribution is -2.31. The summed E-state index contributed by atoms with van der Waals surface area (Å²) in [6, 6.07) is 8.25. The van der Waals surface area contributed by atoms with E-state index in [-0.39, 0.29) is 0 Å². The van der Waals surface area contributed by atoms with Crippen LogP contribution in [-0.2, 0) is 0 Å². The van der Waals surface area contributed by atoms with Crippen LogP contribution in [0.1, 0.15) is 18.4 Å². The maximum Gasteiger partial charge on any atom is 0.0948 e. The van der Waals surface area contributed by atoms with E-state index in [4.69, 9.17) is 0 Å². The van der Waals surface area contributed by atoms with Gasteiger partial charge in [-0.25, -0.2) is 0 Å². The first-order valence-corrected chi connectivity index (χ1v) is 5.54. The molecule has 1 aromatic rings. The molecule has 0 bridgehead atoms. The summed E-state index contributed by atoms with van der Waals surface area (Å²) in [6.45, 7) is 2.21. The molecule has 0 saturated carbocycles. The molecule has 0 amide bonds. The molecule has 2 aliphatic heterocycles. The van der Waals surface area contributed by atoms with E-state index >= 15 is 0 Å². The van der Waals surface area contributed by atoms with Crippen LogP contribution >= 0.6 is 0 Å².